The van der Waals surface area contributed by atoms with E-state index in [4.69, 9.17) is 0 Å². The van der Waals surface area contributed by atoms with Gasteiger partial charge in [0.25, 0.3) is 0 Å². The fraction of sp³-hybridized carbons (Fsp3) is 0.409. The second kappa shape index (κ2) is 8.26. The lowest BCUT2D eigenvalue weighted by atomic mass is 10.1. The highest BCUT2D eigenvalue weighted by atomic mass is 32.2. The van der Waals surface area contributed by atoms with E-state index in [0.29, 0.717) is 19.6 Å². The number of likely N-dealkylation sites (tertiary alicyclic amines) is 1. The quantitative estimate of drug-likeness (QED) is 0.756. The van der Waals surface area contributed by atoms with Crippen LogP contribution in [0.2, 0.25) is 0 Å². The number of hydrogen-bond acceptors (Lipinski definition) is 4. The molecular formula is C22H27N3O3S. The van der Waals surface area contributed by atoms with Crippen LogP contribution >= 0.6 is 0 Å². The third-order valence-electron chi connectivity index (χ3n) is 5.73. The van der Waals surface area contributed by atoms with Crippen LogP contribution in [0.1, 0.15) is 30.1 Å². The minimum Gasteiger partial charge on any atom is -0.319 e. The molecule has 2 aliphatic heterocycles. The Morgan fingerprint density at radius 1 is 0.931 bits per heavy atom. The van der Waals surface area contributed by atoms with E-state index < -0.39 is 16.2 Å². The molecule has 1 atom stereocenters. The number of benzene rings is 2. The van der Waals surface area contributed by atoms with Crippen LogP contribution in [0.15, 0.2) is 59.5 Å². The molecule has 1 amide bonds. The molecule has 7 heteroatoms. The van der Waals surface area contributed by atoms with E-state index in [0.717, 1.165) is 37.1 Å². The first kappa shape index (κ1) is 20.1. The molecule has 0 aromatic heterocycles. The Labute approximate surface area is 172 Å². The minimum absolute atomic E-state index is 0.0117. The van der Waals surface area contributed by atoms with Gasteiger partial charge in [-0.05, 0) is 50.6 Å². The molecule has 2 aromatic rings. The van der Waals surface area contributed by atoms with Crippen molar-refractivity contribution >= 4 is 15.9 Å². The SMILES string of the molecule is Cc1ccc(S(=O)(=O)N2CCN(C(=O)CN3CCCC3)C2c2ccccc2)cc1. The molecule has 2 saturated heterocycles. The lowest BCUT2D eigenvalue weighted by Crippen LogP contribution is -2.42. The summed E-state index contributed by atoms with van der Waals surface area (Å²) in [6, 6.07) is 16.3. The number of sulfonamides is 1. The van der Waals surface area contributed by atoms with Crippen molar-refractivity contribution in [2.24, 2.45) is 0 Å². The monoisotopic (exact) mass is 413 g/mol. The van der Waals surface area contributed by atoms with E-state index in [2.05, 4.69) is 4.90 Å². The third kappa shape index (κ3) is 4.08. The molecule has 0 saturated carbocycles. The fourth-order valence-electron chi connectivity index (χ4n) is 4.16. The zero-order valence-electron chi connectivity index (χ0n) is 16.7. The third-order valence-corrected chi connectivity index (χ3v) is 7.60. The van der Waals surface area contributed by atoms with Crippen LogP contribution in [-0.4, -0.2) is 61.2 Å². The Kier molecular flexibility index (Phi) is 5.72. The van der Waals surface area contributed by atoms with E-state index in [-0.39, 0.29) is 10.8 Å². The number of nitrogens with zero attached hydrogens (tertiary/aromatic N) is 3. The van der Waals surface area contributed by atoms with Gasteiger partial charge >= 0.3 is 0 Å². The summed E-state index contributed by atoms with van der Waals surface area (Å²) in [5.41, 5.74) is 1.82. The summed E-state index contributed by atoms with van der Waals surface area (Å²) in [4.78, 5) is 17.2. The average Bonchev–Trinajstić information content (AvgIpc) is 3.39. The number of amides is 1. The second-order valence-corrected chi connectivity index (χ2v) is 9.67. The molecule has 0 spiro atoms. The predicted molar refractivity (Wildman–Crippen MR) is 112 cm³/mol. The summed E-state index contributed by atoms with van der Waals surface area (Å²) in [6.45, 7) is 4.83. The van der Waals surface area contributed by atoms with Gasteiger partial charge in [0.1, 0.15) is 6.17 Å². The fourth-order valence-corrected chi connectivity index (χ4v) is 5.73. The summed E-state index contributed by atoms with van der Waals surface area (Å²) in [7, 11) is -3.72. The van der Waals surface area contributed by atoms with Gasteiger partial charge in [0.15, 0.2) is 0 Å². The van der Waals surface area contributed by atoms with Gasteiger partial charge in [-0.3, -0.25) is 9.69 Å². The van der Waals surface area contributed by atoms with Gasteiger partial charge in [-0.25, -0.2) is 8.42 Å². The molecular weight excluding hydrogens is 386 g/mol. The van der Waals surface area contributed by atoms with Gasteiger partial charge in [0.2, 0.25) is 15.9 Å². The summed E-state index contributed by atoms with van der Waals surface area (Å²) in [5, 5.41) is 0. The maximum atomic E-state index is 13.4. The number of aryl methyl sites for hydroxylation is 1. The Bertz CT molecular complexity index is 955. The largest absolute Gasteiger partial charge is 0.319 e. The van der Waals surface area contributed by atoms with Crippen LogP contribution < -0.4 is 0 Å². The average molecular weight is 414 g/mol. The Balaban J connectivity index is 1.66. The molecule has 2 aliphatic rings. The standard InChI is InChI=1S/C22H27N3O3S/c1-18-9-11-20(12-10-18)29(27,28)25-16-15-24(21(26)17-23-13-5-6-14-23)22(25)19-7-3-2-4-8-19/h2-4,7-12,22H,5-6,13-17H2,1H3. The summed E-state index contributed by atoms with van der Waals surface area (Å²) in [6.07, 6.45) is 1.62. The van der Waals surface area contributed by atoms with Gasteiger partial charge in [0.05, 0.1) is 11.4 Å². The van der Waals surface area contributed by atoms with Crippen molar-refractivity contribution in [2.75, 3.05) is 32.7 Å². The molecule has 0 radical (unpaired) electrons. The molecule has 0 aliphatic carbocycles. The van der Waals surface area contributed by atoms with E-state index in [1.54, 1.807) is 29.2 Å². The van der Waals surface area contributed by atoms with Crippen LogP contribution in [-0.2, 0) is 14.8 Å². The first-order valence-electron chi connectivity index (χ1n) is 10.1. The molecule has 2 fully saturated rings. The van der Waals surface area contributed by atoms with Gasteiger partial charge in [-0.1, -0.05) is 48.0 Å². The molecule has 1 unspecified atom stereocenters. The summed E-state index contributed by atoms with van der Waals surface area (Å²) in [5.74, 6) is -0.0117. The van der Waals surface area contributed by atoms with Gasteiger partial charge in [0, 0.05) is 13.1 Å². The Hall–Kier alpha value is -2.22. The zero-order chi connectivity index (χ0) is 20.4. The topological polar surface area (TPSA) is 60.9 Å². The van der Waals surface area contributed by atoms with Crippen LogP contribution in [0, 0.1) is 6.92 Å². The lowest BCUT2D eigenvalue weighted by Gasteiger charge is -2.31. The Morgan fingerprint density at radius 3 is 2.24 bits per heavy atom. The maximum Gasteiger partial charge on any atom is 0.245 e. The zero-order valence-corrected chi connectivity index (χ0v) is 17.5. The number of hydrogen-bond donors (Lipinski definition) is 0. The predicted octanol–water partition coefficient (Wildman–Crippen LogP) is 2.62. The Morgan fingerprint density at radius 2 is 1.59 bits per heavy atom. The molecule has 0 bridgehead atoms. The highest BCUT2D eigenvalue weighted by Crippen LogP contribution is 2.35. The first-order chi connectivity index (χ1) is 14.0. The van der Waals surface area contributed by atoms with Crippen LogP contribution in [0.3, 0.4) is 0 Å². The van der Waals surface area contributed by atoms with Crippen molar-refractivity contribution in [3.8, 4) is 0 Å². The van der Waals surface area contributed by atoms with Crippen LogP contribution in [0.4, 0.5) is 0 Å². The highest BCUT2D eigenvalue weighted by molar-refractivity contribution is 7.89. The van der Waals surface area contributed by atoms with E-state index >= 15 is 0 Å². The van der Waals surface area contributed by atoms with Gasteiger partial charge in [-0.15, -0.1) is 0 Å². The van der Waals surface area contributed by atoms with Gasteiger partial charge in [-0.2, -0.15) is 4.31 Å². The minimum atomic E-state index is -3.72. The van der Waals surface area contributed by atoms with E-state index in [1.807, 2.05) is 37.3 Å². The van der Waals surface area contributed by atoms with Crippen molar-refractivity contribution in [2.45, 2.75) is 30.8 Å². The highest BCUT2D eigenvalue weighted by Gasteiger charge is 2.43. The van der Waals surface area contributed by atoms with Crippen molar-refractivity contribution in [3.05, 3.63) is 65.7 Å². The van der Waals surface area contributed by atoms with Crippen molar-refractivity contribution in [1.29, 1.82) is 0 Å². The lowest BCUT2D eigenvalue weighted by molar-refractivity contribution is -0.134. The molecule has 2 aromatic carbocycles. The molecule has 29 heavy (non-hydrogen) atoms. The normalized spacial score (nSPS) is 21.0. The van der Waals surface area contributed by atoms with Crippen molar-refractivity contribution in [1.82, 2.24) is 14.1 Å². The van der Waals surface area contributed by atoms with E-state index in [9.17, 15) is 13.2 Å². The first-order valence-corrected chi connectivity index (χ1v) is 11.6. The number of rotatable bonds is 5. The van der Waals surface area contributed by atoms with Crippen LogP contribution in [0.25, 0.3) is 0 Å². The molecule has 6 nitrogen and oxygen atoms in total. The maximum absolute atomic E-state index is 13.4. The molecule has 154 valence electrons. The van der Waals surface area contributed by atoms with E-state index in [1.165, 1.54) is 4.31 Å². The van der Waals surface area contributed by atoms with Crippen LogP contribution in [0.5, 0.6) is 0 Å². The molecule has 4 rings (SSSR count). The molecule has 0 N–H and O–H groups in total. The smallest absolute Gasteiger partial charge is 0.245 e. The summed E-state index contributed by atoms with van der Waals surface area (Å²) >= 11 is 0. The van der Waals surface area contributed by atoms with Gasteiger partial charge < -0.3 is 4.90 Å². The summed E-state index contributed by atoms with van der Waals surface area (Å²) < 4.78 is 28.3. The number of carbonyl (C=O) groups excluding carboxylic acids is 1. The van der Waals surface area contributed by atoms with Crippen molar-refractivity contribution in [3.63, 3.8) is 0 Å². The molecule has 2 heterocycles. The second-order valence-electron chi connectivity index (χ2n) is 7.78. The number of carbonyl (C=O) groups is 1. The van der Waals surface area contributed by atoms with Crippen molar-refractivity contribution < 1.29 is 13.2 Å².